The Kier molecular flexibility index (Phi) is 1.72. The Morgan fingerprint density at radius 3 is 2.78 bits per heavy atom. The van der Waals surface area contributed by atoms with Gasteiger partial charge in [0.1, 0.15) is 19.5 Å². The molecule has 0 atom stereocenters. The van der Waals surface area contributed by atoms with Crippen molar-refractivity contribution in [3.63, 3.8) is 0 Å². The summed E-state index contributed by atoms with van der Waals surface area (Å²) < 4.78 is 9.76. The molecule has 3 heteroatoms. The zero-order valence-corrected chi connectivity index (χ0v) is 5.22. The van der Waals surface area contributed by atoms with E-state index in [1.165, 1.54) is 13.2 Å². The maximum absolute atomic E-state index is 10.5. The highest BCUT2D eigenvalue weighted by Gasteiger charge is 2.08. The van der Waals surface area contributed by atoms with Gasteiger partial charge in [0.15, 0.2) is 11.5 Å². The van der Waals surface area contributed by atoms with Gasteiger partial charge >= 0.3 is 0 Å². The first kappa shape index (κ1) is 6.13. The molecule has 1 rings (SSSR count). The van der Waals surface area contributed by atoms with E-state index in [0.29, 0.717) is 19.0 Å². The molecule has 1 heterocycles. The summed E-state index contributed by atoms with van der Waals surface area (Å²) in [6.07, 6.45) is 1.35. The van der Waals surface area contributed by atoms with Gasteiger partial charge in [-0.05, 0) is 0 Å². The molecule has 50 valence electrons. The molecule has 0 unspecified atom stereocenters. The van der Waals surface area contributed by atoms with Crippen LogP contribution in [0.25, 0.3) is 0 Å². The molecule has 0 aliphatic carbocycles. The molecule has 1 aliphatic heterocycles. The second kappa shape index (κ2) is 2.53. The number of carbonyl (C=O) groups excluding carboxylic acids is 1. The average Bonchev–Trinajstić information content (AvgIpc) is 1.90. The number of rotatable bonds is 1. The van der Waals surface area contributed by atoms with E-state index >= 15 is 0 Å². The van der Waals surface area contributed by atoms with Crippen molar-refractivity contribution < 1.29 is 14.3 Å². The maximum atomic E-state index is 10.5. The largest absolute Gasteiger partial charge is 0.494 e. The predicted octanol–water partition coefficient (Wildman–Crippen LogP) is 0.464. The lowest BCUT2D eigenvalue weighted by atomic mass is 10.4. The van der Waals surface area contributed by atoms with Crippen molar-refractivity contribution in [3.05, 3.63) is 12.0 Å². The van der Waals surface area contributed by atoms with Crippen molar-refractivity contribution in [2.75, 3.05) is 13.2 Å². The maximum Gasteiger partial charge on any atom is 0.197 e. The summed E-state index contributed by atoms with van der Waals surface area (Å²) in [7, 11) is 0. The number of hydrogen-bond donors (Lipinski definition) is 0. The lowest BCUT2D eigenvalue weighted by Crippen LogP contribution is -2.12. The lowest BCUT2D eigenvalue weighted by Gasteiger charge is -2.12. The van der Waals surface area contributed by atoms with E-state index in [1.807, 2.05) is 0 Å². The third-order valence-corrected chi connectivity index (χ3v) is 0.996. The van der Waals surface area contributed by atoms with Gasteiger partial charge in [0.25, 0.3) is 0 Å². The number of ether oxygens (including phenoxy) is 2. The average molecular weight is 128 g/mol. The standard InChI is InChI=1S/C6H8O3/c1-5(7)6-4-8-2-3-9-6/h4H,2-3H2,1H3. The summed E-state index contributed by atoms with van der Waals surface area (Å²) in [5.41, 5.74) is 0. The second-order valence-corrected chi connectivity index (χ2v) is 1.76. The van der Waals surface area contributed by atoms with Gasteiger partial charge in [-0.1, -0.05) is 0 Å². The molecule has 0 fully saturated rings. The number of carbonyl (C=O) groups is 1. The van der Waals surface area contributed by atoms with Crippen LogP contribution in [0.4, 0.5) is 0 Å². The topological polar surface area (TPSA) is 35.5 Å². The van der Waals surface area contributed by atoms with Crippen LogP contribution in [0.15, 0.2) is 12.0 Å². The molecule has 0 N–H and O–H groups in total. The minimum absolute atomic E-state index is 0.0882. The summed E-state index contributed by atoms with van der Waals surface area (Å²) >= 11 is 0. The van der Waals surface area contributed by atoms with Gasteiger partial charge in [-0.15, -0.1) is 0 Å². The Morgan fingerprint density at radius 1 is 1.67 bits per heavy atom. The first-order valence-electron chi connectivity index (χ1n) is 2.76. The van der Waals surface area contributed by atoms with E-state index in [9.17, 15) is 4.79 Å². The molecule has 0 aromatic heterocycles. The predicted molar refractivity (Wildman–Crippen MR) is 30.7 cm³/mol. The Morgan fingerprint density at radius 2 is 2.44 bits per heavy atom. The normalized spacial score (nSPS) is 17.2. The van der Waals surface area contributed by atoms with Crippen molar-refractivity contribution in [2.45, 2.75) is 6.92 Å². The fourth-order valence-corrected chi connectivity index (χ4v) is 0.553. The zero-order chi connectivity index (χ0) is 6.69. The van der Waals surface area contributed by atoms with Crippen LogP contribution in [0.1, 0.15) is 6.92 Å². The van der Waals surface area contributed by atoms with Gasteiger partial charge in [0.05, 0.1) is 0 Å². The summed E-state index contributed by atoms with van der Waals surface area (Å²) in [5, 5.41) is 0. The third kappa shape index (κ3) is 1.45. The highest BCUT2D eigenvalue weighted by Crippen LogP contribution is 2.03. The highest BCUT2D eigenvalue weighted by atomic mass is 16.6. The van der Waals surface area contributed by atoms with Gasteiger partial charge < -0.3 is 9.47 Å². The Hall–Kier alpha value is -0.990. The van der Waals surface area contributed by atoms with Crippen LogP contribution in [0.5, 0.6) is 0 Å². The van der Waals surface area contributed by atoms with Gasteiger partial charge in [-0.2, -0.15) is 0 Å². The molecule has 0 saturated heterocycles. The number of Topliss-reactive ketones (excluding diaryl/α,β-unsaturated/α-hetero) is 1. The minimum atomic E-state index is -0.0882. The van der Waals surface area contributed by atoms with Gasteiger partial charge in [0, 0.05) is 6.92 Å². The Bertz CT molecular complexity index is 148. The van der Waals surface area contributed by atoms with Crippen molar-refractivity contribution in [1.82, 2.24) is 0 Å². The number of hydrogen-bond acceptors (Lipinski definition) is 3. The van der Waals surface area contributed by atoms with E-state index in [2.05, 4.69) is 0 Å². The van der Waals surface area contributed by atoms with E-state index in [-0.39, 0.29) is 5.78 Å². The molecule has 0 aromatic rings. The van der Waals surface area contributed by atoms with Gasteiger partial charge in [0.2, 0.25) is 0 Å². The molecule has 0 aromatic carbocycles. The molecule has 0 radical (unpaired) electrons. The SMILES string of the molecule is CC(=O)C1=COCCO1. The van der Waals surface area contributed by atoms with E-state index in [1.54, 1.807) is 0 Å². The van der Waals surface area contributed by atoms with Crippen LogP contribution in [-0.4, -0.2) is 19.0 Å². The summed E-state index contributed by atoms with van der Waals surface area (Å²) in [6, 6.07) is 0. The van der Waals surface area contributed by atoms with Crippen LogP contribution in [0.2, 0.25) is 0 Å². The Balaban J connectivity index is 2.57. The quantitative estimate of drug-likeness (QED) is 0.514. The summed E-state index contributed by atoms with van der Waals surface area (Å²) in [4.78, 5) is 10.5. The van der Waals surface area contributed by atoms with Crippen LogP contribution < -0.4 is 0 Å². The molecule has 3 nitrogen and oxygen atoms in total. The molecule has 1 aliphatic rings. The molecular formula is C6H8O3. The van der Waals surface area contributed by atoms with Gasteiger partial charge in [-0.25, -0.2) is 0 Å². The van der Waals surface area contributed by atoms with E-state index < -0.39 is 0 Å². The first-order valence-corrected chi connectivity index (χ1v) is 2.76. The van der Waals surface area contributed by atoms with E-state index in [0.717, 1.165) is 0 Å². The van der Waals surface area contributed by atoms with Crippen molar-refractivity contribution in [1.29, 1.82) is 0 Å². The molecule has 0 spiro atoms. The lowest BCUT2D eigenvalue weighted by molar-refractivity contribution is -0.118. The fraction of sp³-hybridized carbons (Fsp3) is 0.500. The summed E-state index contributed by atoms with van der Waals surface area (Å²) in [5.74, 6) is 0.232. The molecule has 0 amide bonds. The molecule has 9 heavy (non-hydrogen) atoms. The molecular weight excluding hydrogens is 120 g/mol. The fourth-order valence-electron chi connectivity index (χ4n) is 0.553. The van der Waals surface area contributed by atoms with Crippen molar-refractivity contribution in [3.8, 4) is 0 Å². The number of allylic oxidation sites excluding steroid dienone is 1. The van der Waals surface area contributed by atoms with Crippen LogP contribution in [0.3, 0.4) is 0 Å². The molecule has 0 bridgehead atoms. The highest BCUT2D eigenvalue weighted by molar-refractivity contribution is 5.90. The van der Waals surface area contributed by atoms with Crippen molar-refractivity contribution in [2.24, 2.45) is 0 Å². The number of ketones is 1. The molecule has 0 saturated carbocycles. The monoisotopic (exact) mass is 128 g/mol. The van der Waals surface area contributed by atoms with Crippen LogP contribution >= 0.6 is 0 Å². The zero-order valence-electron chi connectivity index (χ0n) is 5.22. The Labute approximate surface area is 53.3 Å². The van der Waals surface area contributed by atoms with E-state index in [4.69, 9.17) is 9.47 Å². The smallest absolute Gasteiger partial charge is 0.197 e. The van der Waals surface area contributed by atoms with Crippen LogP contribution in [0, 0.1) is 0 Å². The first-order chi connectivity index (χ1) is 4.30. The van der Waals surface area contributed by atoms with Gasteiger partial charge in [-0.3, -0.25) is 4.79 Å². The van der Waals surface area contributed by atoms with Crippen LogP contribution in [-0.2, 0) is 14.3 Å². The summed E-state index contributed by atoms with van der Waals surface area (Å²) in [6.45, 7) is 2.46. The second-order valence-electron chi connectivity index (χ2n) is 1.76. The van der Waals surface area contributed by atoms with Crippen molar-refractivity contribution >= 4 is 5.78 Å². The third-order valence-electron chi connectivity index (χ3n) is 0.996. The minimum Gasteiger partial charge on any atom is -0.494 e.